The predicted octanol–water partition coefficient (Wildman–Crippen LogP) is 4.92. The molecule has 31 heavy (non-hydrogen) atoms. The molecule has 7 heteroatoms. The van der Waals surface area contributed by atoms with Crippen molar-refractivity contribution in [3.8, 4) is 0 Å². The monoisotopic (exact) mass is 441 g/mol. The van der Waals surface area contributed by atoms with Gasteiger partial charge in [0.25, 0.3) is 0 Å². The number of rotatable bonds is 3. The molecule has 2 aromatic carbocycles. The van der Waals surface area contributed by atoms with E-state index in [-0.39, 0.29) is 12.1 Å². The van der Waals surface area contributed by atoms with E-state index in [0.717, 1.165) is 34.0 Å². The van der Waals surface area contributed by atoms with Crippen molar-refractivity contribution < 1.29 is 14.3 Å². The van der Waals surface area contributed by atoms with Crippen LogP contribution in [-0.4, -0.2) is 61.5 Å². The minimum atomic E-state index is -0.360. The van der Waals surface area contributed by atoms with Gasteiger partial charge in [0.1, 0.15) is 12.3 Å². The summed E-state index contributed by atoms with van der Waals surface area (Å²) in [5, 5.41) is 1.74. The third kappa shape index (κ3) is 5.09. The molecule has 1 aliphatic rings. The van der Waals surface area contributed by atoms with E-state index < -0.39 is 0 Å². The highest BCUT2D eigenvalue weighted by Crippen LogP contribution is 2.39. The summed E-state index contributed by atoms with van der Waals surface area (Å²) in [4.78, 5) is 31.0. The van der Waals surface area contributed by atoms with Gasteiger partial charge in [0.05, 0.1) is 6.61 Å². The van der Waals surface area contributed by atoms with Crippen LogP contribution in [0.15, 0.2) is 42.5 Å². The van der Waals surface area contributed by atoms with Gasteiger partial charge >= 0.3 is 6.09 Å². The zero-order chi connectivity index (χ0) is 22.5. The fourth-order valence-corrected chi connectivity index (χ4v) is 3.98. The van der Waals surface area contributed by atoms with Crippen LogP contribution in [0.2, 0.25) is 5.02 Å². The SMILES string of the molecule is CCOC(=O)N1CCc2c([nH]c3ccc(Cl)cc23)C1c1cccc(C=O)c1.CN(C)C. The number of carbonyl (C=O) groups is 2. The first-order chi connectivity index (χ1) is 14.8. The van der Waals surface area contributed by atoms with E-state index in [1.807, 2.05) is 62.4 Å². The highest BCUT2D eigenvalue weighted by atomic mass is 35.5. The Morgan fingerprint density at radius 3 is 2.68 bits per heavy atom. The predicted molar refractivity (Wildman–Crippen MR) is 124 cm³/mol. The van der Waals surface area contributed by atoms with Crippen LogP contribution in [0, 0.1) is 0 Å². The molecule has 2 heterocycles. The molecule has 6 nitrogen and oxygen atoms in total. The van der Waals surface area contributed by atoms with Gasteiger partial charge in [-0.15, -0.1) is 0 Å². The Labute approximate surface area is 187 Å². The molecule has 0 aliphatic carbocycles. The van der Waals surface area contributed by atoms with E-state index >= 15 is 0 Å². The molecular weight excluding hydrogens is 414 g/mol. The topological polar surface area (TPSA) is 65.6 Å². The highest BCUT2D eigenvalue weighted by molar-refractivity contribution is 6.31. The molecule has 1 N–H and O–H groups in total. The van der Waals surface area contributed by atoms with Crippen molar-refractivity contribution in [2.45, 2.75) is 19.4 Å². The number of aromatic nitrogens is 1. The van der Waals surface area contributed by atoms with Crippen LogP contribution in [0.1, 0.15) is 40.1 Å². The summed E-state index contributed by atoms with van der Waals surface area (Å²) in [6, 6.07) is 12.7. The third-order valence-electron chi connectivity index (χ3n) is 4.95. The van der Waals surface area contributed by atoms with Gasteiger partial charge < -0.3 is 14.6 Å². The Balaban J connectivity index is 0.000000628. The Morgan fingerprint density at radius 2 is 2.00 bits per heavy atom. The summed E-state index contributed by atoms with van der Waals surface area (Å²) in [7, 11) is 6.00. The maximum absolute atomic E-state index is 12.6. The van der Waals surface area contributed by atoms with Crippen LogP contribution < -0.4 is 0 Å². The molecule has 0 bridgehead atoms. The number of nitrogens with one attached hydrogen (secondary N) is 1. The molecule has 0 radical (unpaired) electrons. The molecular formula is C24H28ClN3O3. The van der Waals surface area contributed by atoms with Gasteiger partial charge in [-0.25, -0.2) is 4.79 Å². The van der Waals surface area contributed by atoms with Crippen molar-refractivity contribution in [2.24, 2.45) is 0 Å². The van der Waals surface area contributed by atoms with Crippen molar-refractivity contribution >= 4 is 34.9 Å². The molecule has 1 aliphatic heterocycles. The number of amides is 1. The number of hydrogen-bond donors (Lipinski definition) is 1. The van der Waals surface area contributed by atoms with Gasteiger partial charge in [0.15, 0.2) is 0 Å². The molecule has 4 rings (SSSR count). The second kappa shape index (κ2) is 9.98. The second-order valence-corrected chi connectivity index (χ2v) is 8.32. The number of nitrogens with zero attached hydrogens (tertiary/aromatic N) is 2. The fraction of sp³-hybridized carbons (Fsp3) is 0.333. The fourth-order valence-electron chi connectivity index (χ4n) is 3.81. The molecule has 3 aromatic rings. The summed E-state index contributed by atoms with van der Waals surface area (Å²) in [5.41, 5.74) is 4.50. The van der Waals surface area contributed by atoms with Gasteiger partial charge in [0, 0.05) is 33.7 Å². The van der Waals surface area contributed by atoms with Gasteiger partial charge in [-0.3, -0.25) is 9.69 Å². The summed E-state index contributed by atoms with van der Waals surface area (Å²) in [5.74, 6) is 0. The first-order valence-corrected chi connectivity index (χ1v) is 10.6. The average Bonchev–Trinajstić information content (AvgIpc) is 3.10. The van der Waals surface area contributed by atoms with Crippen LogP contribution in [0.3, 0.4) is 0 Å². The maximum Gasteiger partial charge on any atom is 0.410 e. The standard InChI is InChI=1S/C21H19ClN2O3.C3H9N/c1-2-27-21(26)24-9-8-16-17-11-15(22)6-7-18(17)23-19(16)20(24)14-5-3-4-13(10-14)12-25;1-4(2)3/h3-7,10-12,20,23H,2,8-9H2,1H3;1-3H3. The van der Waals surface area contributed by atoms with Crippen LogP contribution in [0.4, 0.5) is 4.79 Å². The number of aldehydes is 1. The van der Waals surface area contributed by atoms with Gasteiger partial charge in [-0.2, -0.15) is 0 Å². The lowest BCUT2D eigenvalue weighted by Gasteiger charge is -2.35. The Hall–Kier alpha value is -2.83. The Kier molecular flexibility index (Phi) is 7.36. The number of carbonyl (C=O) groups excluding carboxylic acids is 2. The number of hydrogen-bond acceptors (Lipinski definition) is 4. The van der Waals surface area contributed by atoms with Crippen LogP contribution in [0.25, 0.3) is 10.9 Å². The van der Waals surface area contributed by atoms with Crippen LogP contribution in [0.5, 0.6) is 0 Å². The average molecular weight is 442 g/mol. The molecule has 1 unspecified atom stereocenters. The van der Waals surface area contributed by atoms with Crippen molar-refractivity contribution in [1.29, 1.82) is 0 Å². The van der Waals surface area contributed by atoms with E-state index in [1.165, 1.54) is 0 Å². The van der Waals surface area contributed by atoms with Crippen molar-refractivity contribution in [3.05, 3.63) is 69.9 Å². The highest BCUT2D eigenvalue weighted by Gasteiger charge is 2.35. The molecule has 164 valence electrons. The number of aromatic amines is 1. The van der Waals surface area contributed by atoms with Crippen molar-refractivity contribution in [3.63, 3.8) is 0 Å². The van der Waals surface area contributed by atoms with E-state index in [4.69, 9.17) is 16.3 Å². The van der Waals surface area contributed by atoms with Gasteiger partial charge in [-0.1, -0.05) is 29.8 Å². The number of fused-ring (bicyclic) bond motifs is 3. The molecule has 1 aromatic heterocycles. The van der Waals surface area contributed by atoms with E-state index in [0.29, 0.717) is 30.2 Å². The summed E-state index contributed by atoms with van der Waals surface area (Å²) in [6.45, 7) is 2.63. The van der Waals surface area contributed by atoms with Gasteiger partial charge in [-0.05, 0) is 69.9 Å². The van der Waals surface area contributed by atoms with Gasteiger partial charge in [0.2, 0.25) is 0 Å². The van der Waals surface area contributed by atoms with E-state index in [2.05, 4.69) is 4.98 Å². The van der Waals surface area contributed by atoms with Crippen molar-refractivity contribution in [2.75, 3.05) is 34.3 Å². The zero-order valence-corrected chi connectivity index (χ0v) is 19.1. The smallest absolute Gasteiger partial charge is 0.410 e. The van der Waals surface area contributed by atoms with Crippen LogP contribution >= 0.6 is 11.6 Å². The first kappa shape index (κ1) is 22.8. The van der Waals surface area contributed by atoms with E-state index in [9.17, 15) is 9.59 Å². The first-order valence-electron chi connectivity index (χ1n) is 10.2. The second-order valence-electron chi connectivity index (χ2n) is 7.88. The lowest BCUT2D eigenvalue weighted by molar-refractivity contribution is 0.0932. The largest absolute Gasteiger partial charge is 0.450 e. The lowest BCUT2D eigenvalue weighted by Crippen LogP contribution is -2.41. The minimum Gasteiger partial charge on any atom is -0.450 e. The van der Waals surface area contributed by atoms with Crippen LogP contribution in [-0.2, 0) is 11.2 Å². The number of H-pyrrole nitrogens is 1. The number of benzene rings is 2. The summed E-state index contributed by atoms with van der Waals surface area (Å²) >= 11 is 6.19. The van der Waals surface area contributed by atoms with E-state index in [1.54, 1.807) is 17.9 Å². The molecule has 0 saturated carbocycles. The molecule has 0 saturated heterocycles. The quantitative estimate of drug-likeness (QED) is 0.586. The summed E-state index contributed by atoms with van der Waals surface area (Å²) in [6.07, 6.45) is 1.16. The number of ether oxygens (including phenoxy) is 1. The molecule has 0 fully saturated rings. The zero-order valence-electron chi connectivity index (χ0n) is 18.3. The third-order valence-corrected chi connectivity index (χ3v) is 5.19. The maximum atomic E-state index is 12.6. The van der Waals surface area contributed by atoms with Crippen molar-refractivity contribution in [1.82, 2.24) is 14.8 Å². The molecule has 1 atom stereocenters. The minimum absolute atomic E-state index is 0.311. The summed E-state index contributed by atoms with van der Waals surface area (Å²) < 4.78 is 5.28. The Morgan fingerprint density at radius 1 is 1.26 bits per heavy atom. The Bertz CT molecular complexity index is 1070. The normalized spacial score (nSPS) is 15.3. The molecule has 1 amide bonds. The lowest BCUT2D eigenvalue weighted by atomic mass is 9.92. The molecule has 0 spiro atoms. The number of halogens is 1.